The second-order valence-electron chi connectivity index (χ2n) is 16.8. The van der Waals surface area contributed by atoms with Crippen LogP contribution in [0.5, 0.6) is 0 Å². The van der Waals surface area contributed by atoms with Gasteiger partial charge >= 0.3 is 0 Å². The molecule has 64 heavy (non-hydrogen) atoms. The van der Waals surface area contributed by atoms with Crippen LogP contribution in [-0.4, -0.2) is 15.0 Å². The lowest BCUT2D eigenvalue weighted by Crippen LogP contribution is -2.31. The van der Waals surface area contributed by atoms with Crippen LogP contribution in [0.25, 0.3) is 78.3 Å². The van der Waals surface area contributed by atoms with E-state index in [-0.39, 0.29) is 0 Å². The van der Waals surface area contributed by atoms with Crippen LogP contribution in [0.2, 0.25) is 0 Å². The summed E-state index contributed by atoms with van der Waals surface area (Å²) in [5, 5.41) is 0. The minimum atomic E-state index is -0.551. The van der Waals surface area contributed by atoms with Crippen molar-refractivity contribution < 1.29 is 0 Å². The molecule has 3 nitrogen and oxygen atoms in total. The number of nitrogens with zero attached hydrogens (tertiary/aromatic N) is 3. The monoisotopic (exact) mass is 835 g/mol. The fraction of sp³-hybridized carbons (Fsp3) is 0.0500. The van der Waals surface area contributed by atoms with Crippen molar-refractivity contribution in [3.8, 4) is 78.3 Å². The normalized spacial score (nSPS) is 12.9. The zero-order chi connectivity index (χ0) is 42.8. The average molecular weight is 836 g/mol. The van der Waals surface area contributed by atoms with Crippen molar-refractivity contribution in [3.05, 3.63) is 246 Å². The molecule has 0 unspecified atom stereocenters. The Labute approximate surface area is 378 Å². The van der Waals surface area contributed by atoms with Gasteiger partial charge in [-0.1, -0.05) is 169 Å². The van der Waals surface area contributed by atoms with Crippen LogP contribution in [-0.2, 0) is 5.41 Å². The molecule has 12 rings (SSSR count). The van der Waals surface area contributed by atoms with Crippen molar-refractivity contribution in [1.82, 2.24) is 15.0 Å². The molecule has 1 spiro atoms. The maximum atomic E-state index is 5.44. The molecule has 2 aromatic heterocycles. The SMILES string of the molecule is Cc1cc(-c2cccc(-c3ccccc3-c3ccc4c(c3)-c3c(-c5nc(C)cc(-c6cccc(-c7ccccc7)c6)n5)cccc3C43c4ccccc4Sc4ccccc43)c2)ccn1. The molecule has 0 saturated carbocycles. The smallest absolute Gasteiger partial charge is 0.160 e. The van der Waals surface area contributed by atoms with Gasteiger partial charge in [-0.2, -0.15) is 0 Å². The molecule has 1 aliphatic carbocycles. The molecule has 3 heterocycles. The Bertz CT molecular complexity index is 3420. The van der Waals surface area contributed by atoms with Gasteiger partial charge in [-0.15, -0.1) is 0 Å². The van der Waals surface area contributed by atoms with E-state index in [0.29, 0.717) is 0 Å². The van der Waals surface area contributed by atoms with Gasteiger partial charge in [0, 0.05) is 38.5 Å². The van der Waals surface area contributed by atoms with Crippen molar-refractivity contribution in [3.63, 3.8) is 0 Å². The quantitative estimate of drug-likeness (QED) is 0.167. The molecule has 10 aromatic rings. The number of hydrogen-bond donors (Lipinski definition) is 0. The first-order chi connectivity index (χ1) is 31.5. The van der Waals surface area contributed by atoms with Gasteiger partial charge in [0.15, 0.2) is 5.82 Å². The van der Waals surface area contributed by atoms with Crippen LogP contribution >= 0.6 is 11.8 Å². The number of pyridine rings is 1. The number of hydrogen-bond acceptors (Lipinski definition) is 4. The number of aryl methyl sites for hydroxylation is 2. The van der Waals surface area contributed by atoms with E-state index in [4.69, 9.17) is 9.97 Å². The van der Waals surface area contributed by atoms with E-state index in [2.05, 4.69) is 218 Å². The molecule has 8 aromatic carbocycles. The van der Waals surface area contributed by atoms with Gasteiger partial charge in [-0.05, 0) is 140 Å². The highest BCUT2D eigenvalue weighted by atomic mass is 32.2. The van der Waals surface area contributed by atoms with Crippen LogP contribution in [0.15, 0.2) is 222 Å². The predicted molar refractivity (Wildman–Crippen MR) is 263 cm³/mol. The van der Waals surface area contributed by atoms with Gasteiger partial charge in [0.05, 0.1) is 11.1 Å². The summed E-state index contributed by atoms with van der Waals surface area (Å²) in [6, 6.07) is 75.2. The zero-order valence-electron chi connectivity index (χ0n) is 35.5. The highest BCUT2D eigenvalue weighted by molar-refractivity contribution is 7.99. The molecular weight excluding hydrogens is 795 g/mol. The summed E-state index contributed by atoms with van der Waals surface area (Å²) in [6.45, 7) is 4.13. The molecule has 0 atom stereocenters. The van der Waals surface area contributed by atoms with E-state index in [0.717, 1.165) is 50.7 Å². The second-order valence-corrected chi connectivity index (χ2v) is 17.9. The van der Waals surface area contributed by atoms with Crippen LogP contribution < -0.4 is 0 Å². The largest absolute Gasteiger partial charge is 0.262 e. The van der Waals surface area contributed by atoms with Gasteiger partial charge in [-0.25, -0.2) is 9.97 Å². The highest BCUT2D eigenvalue weighted by Gasteiger charge is 2.51. The predicted octanol–water partition coefficient (Wildman–Crippen LogP) is 15.3. The second kappa shape index (κ2) is 15.3. The first kappa shape index (κ1) is 38.0. The van der Waals surface area contributed by atoms with E-state index in [1.807, 2.05) is 24.9 Å². The molecule has 302 valence electrons. The van der Waals surface area contributed by atoms with Crippen molar-refractivity contribution >= 4 is 11.8 Å². The first-order valence-corrected chi connectivity index (χ1v) is 22.6. The topological polar surface area (TPSA) is 38.7 Å². The maximum absolute atomic E-state index is 5.44. The van der Waals surface area contributed by atoms with Crippen LogP contribution in [0.4, 0.5) is 0 Å². The van der Waals surface area contributed by atoms with Crippen molar-refractivity contribution in [2.24, 2.45) is 0 Å². The highest BCUT2D eigenvalue weighted by Crippen LogP contribution is 2.63. The molecule has 1 aliphatic heterocycles. The summed E-state index contributed by atoms with van der Waals surface area (Å²) in [5.74, 6) is 0.723. The fourth-order valence-corrected chi connectivity index (χ4v) is 11.4. The van der Waals surface area contributed by atoms with Crippen LogP contribution in [0.3, 0.4) is 0 Å². The minimum absolute atomic E-state index is 0.551. The molecule has 0 bridgehead atoms. The fourth-order valence-electron chi connectivity index (χ4n) is 10.2. The number of benzene rings is 8. The Hall–Kier alpha value is -7.66. The summed E-state index contributed by atoms with van der Waals surface area (Å²) in [6.07, 6.45) is 1.89. The molecule has 0 saturated heterocycles. The number of aromatic nitrogens is 3. The molecule has 4 heteroatoms. The maximum Gasteiger partial charge on any atom is 0.160 e. The Morgan fingerprint density at radius 3 is 1.67 bits per heavy atom. The van der Waals surface area contributed by atoms with E-state index < -0.39 is 5.41 Å². The molecular formula is C60H41N3S. The summed E-state index contributed by atoms with van der Waals surface area (Å²) < 4.78 is 0. The zero-order valence-corrected chi connectivity index (χ0v) is 36.3. The standard InChI is InChI=1S/C60H41N3S/c1-38-33-43(31-32-61-38)42-18-12-19-44(35-42)47-21-6-7-22-48(47)45-29-30-51-50(37-45)58-49(59-62-39(2)34-55(63-59)46-20-13-17-41(36-46)40-15-4-3-5-16-40)23-14-26-54(58)60(51)52-24-8-10-27-56(52)64-57-28-11-9-25-53(57)60/h3-37H,1-2H3. The summed E-state index contributed by atoms with van der Waals surface area (Å²) in [7, 11) is 0. The third-order valence-electron chi connectivity index (χ3n) is 13.0. The van der Waals surface area contributed by atoms with Gasteiger partial charge in [0.1, 0.15) is 0 Å². The van der Waals surface area contributed by atoms with E-state index >= 15 is 0 Å². The van der Waals surface area contributed by atoms with Gasteiger partial charge < -0.3 is 0 Å². The molecule has 0 N–H and O–H groups in total. The molecule has 0 radical (unpaired) electrons. The lowest BCUT2D eigenvalue weighted by Gasteiger charge is -2.39. The van der Waals surface area contributed by atoms with Crippen molar-refractivity contribution in [2.45, 2.75) is 29.1 Å². The Balaban J connectivity index is 1.09. The van der Waals surface area contributed by atoms with Gasteiger partial charge in [-0.3, -0.25) is 4.98 Å². The molecule has 2 aliphatic rings. The summed E-state index contributed by atoms with van der Waals surface area (Å²) in [4.78, 5) is 17.7. The Morgan fingerprint density at radius 1 is 0.359 bits per heavy atom. The van der Waals surface area contributed by atoms with E-state index in [1.165, 1.54) is 71.0 Å². The molecule has 0 amide bonds. The van der Waals surface area contributed by atoms with Crippen molar-refractivity contribution in [1.29, 1.82) is 0 Å². The minimum Gasteiger partial charge on any atom is -0.262 e. The average Bonchev–Trinajstić information content (AvgIpc) is 3.64. The number of rotatable bonds is 6. The van der Waals surface area contributed by atoms with E-state index in [1.54, 1.807) is 0 Å². The Morgan fingerprint density at radius 2 is 0.922 bits per heavy atom. The summed E-state index contributed by atoms with van der Waals surface area (Å²) in [5.41, 5.74) is 21.3. The van der Waals surface area contributed by atoms with Crippen molar-refractivity contribution in [2.75, 3.05) is 0 Å². The summed E-state index contributed by atoms with van der Waals surface area (Å²) >= 11 is 1.87. The Kier molecular flexibility index (Phi) is 9.10. The lowest BCUT2D eigenvalue weighted by atomic mass is 9.67. The first-order valence-electron chi connectivity index (χ1n) is 21.8. The third kappa shape index (κ3) is 6.17. The van der Waals surface area contributed by atoms with Gasteiger partial charge in [0.25, 0.3) is 0 Å². The van der Waals surface area contributed by atoms with Crippen LogP contribution in [0, 0.1) is 13.8 Å². The van der Waals surface area contributed by atoms with Gasteiger partial charge in [0.2, 0.25) is 0 Å². The van der Waals surface area contributed by atoms with E-state index in [9.17, 15) is 0 Å². The number of fused-ring (bicyclic) bond motifs is 9. The third-order valence-corrected chi connectivity index (χ3v) is 14.1. The lowest BCUT2D eigenvalue weighted by molar-refractivity contribution is 0.722. The van der Waals surface area contributed by atoms with Crippen LogP contribution in [0.1, 0.15) is 33.6 Å². The molecule has 0 fully saturated rings.